The molecule has 5 heteroatoms. The molecule has 0 unspecified atom stereocenters. The van der Waals surface area contributed by atoms with Gasteiger partial charge in [-0.3, -0.25) is 5.10 Å². The highest BCUT2D eigenvalue weighted by atomic mass is 15.2. The standard InChI is InChI=1S/C12H17N5/c1-8-5-9(2)15-12(14-8)17(4)7-11-6-13-16-10(11)3/h5-6H,7H2,1-4H3,(H,13,16). The SMILES string of the molecule is Cc1cc(C)nc(N(C)Cc2cn[nH]c2C)n1. The Labute approximate surface area is 101 Å². The van der Waals surface area contributed by atoms with Crippen LogP contribution in [0.3, 0.4) is 0 Å². The summed E-state index contributed by atoms with van der Waals surface area (Å²) < 4.78 is 0. The zero-order valence-electron chi connectivity index (χ0n) is 10.7. The molecule has 0 saturated heterocycles. The summed E-state index contributed by atoms with van der Waals surface area (Å²) in [7, 11) is 1.99. The highest BCUT2D eigenvalue weighted by molar-refractivity contribution is 5.33. The minimum absolute atomic E-state index is 0.753. The van der Waals surface area contributed by atoms with Crippen molar-refractivity contribution in [1.82, 2.24) is 20.2 Å². The quantitative estimate of drug-likeness (QED) is 0.874. The number of H-pyrrole nitrogens is 1. The van der Waals surface area contributed by atoms with E-state index in [0.717, 1.165) is 35.1 Å². The maximum Gasteiger partial charge on any atom is 0.225 e. The van der Waals surface area contributed by atoms with Gasteiger partial charge in [0.2, 0.25) is 5.95 Å². The van der Waals surface area contributed by atoms with Crippen molar-refractivity contribution in [2.75, 3.05) is 11.9 Å². The summed E-state index contributed by atoms with van der Waals surface area (Å²) in [6.45, 7) is 6.73. The van der Waals surface area contributed by atoms with E-state index >= 15 is 0 Å². The Balaban J connectivity index is 2.20. The molecule has 0 bridgehead atoms. The van der Waals surface area contributed by atoms with Crippen LogP contribution >= 0.6 is 0 Å². The van der Waals surface area contributed by atoms with E-state index in [2.05, 4.69) is 20.2 Å². The van der Waals surface area contributed by atoms with E-state index in [1.54, 1.807) is 0 Å². The van der Waals surface area contributed by atoms with Gasteiger partial charge in [-0.1, -0.05) is 0 Å². The lowest BCUT2D eigenvalue weighted by Crippen LogP contribution is -2.20. The zero-order chi connectivity index (χ0) is 12.4. The van der Waals surface area contributed by atoms with Gasteiger partial charge in [-0.05, 0) is 26.8 Å². The van der Waals surface area contributed by atoms with Gasteiger partial charge in [0.05, 0.1) is 6.20 Å². The minimum atomic E-state index is 0.753. The molecule has 0 aromatic carbocycles. The van der Waals surface area contributed by atoms with Crippen molar-refractivity contribution in [2.24, 2.45) is 0 Å². The molecule has 1 N–H and O–H groups in total. The van der Waals surface area contributed by atoms with Gasteiger partial charge in [0, 0.05) is 36.2 Å². The van der Waals surface area contributed by atoms with Gasteiger partial charge in [0.15, 0.2) is 0 Å². The molecule has 0 saturated carbocycles. The summed E-state index contributed by atoms with van der Waals surface area (Å²) in [6, 6.07) is 1.97. The molecule has 0 amide bonds. The molecule has 17 heavy (non-hydrogen) atoms. The third-order valence-corrected chi connectivity index (χ3v) is 2.65. The Bertz CT molecular complexity index is 497. The first kappa shape index (κ1) is 11.6. The normalized spacial score (nSPS) is 10.6. The monoisotopic (exact) mass is 231 g/mol. The van der Waals surface area contributed by atoms with Gasteiger partial charge in [0.25, 0.3) is 0 Å². The lowest BCUT2D eigenvalue weighted by molar-refractivity contribution is 0.847. The molecule has 90 valence electrons. The number of nitrogens with one attached hydrogen (secondary N) is 1. The minimum Gasteiger partial charge on any atom is -0.339 e. The maximum absolute atomic E-state index is 4.43. The molecule has 0 fully saturated rings. The summed E-state index contributed by atoms with van der Waals surface area (Å²) in [6.07, 6.45) is 1.84. The first-order valence-electron chi connectivity index (χ1n) is 5.58. The van der Waals surface area contributed by atoms with Gasteiger partial charge in [0.1, 0.15) is 0 Å². The molecule has 0 aliphatic rings. The summed E-state index contributed by atoms with van der Waals surface area (Å²) in [5.41, 5.74) is 4.23. The number of nitrogens with zero attached hydrogens (tertiary/aromatic N) is 4. The highest BCUT2D eigenvalue weighted by Crippen LogP contribution is 2.13. The average molecular weight is 231 g/mol. The molecular weight excluding hydrogens is 214 g/mol. The van der Waals surface area contributed by atoms with E-state index in [1.165, 1.54) is 0 Å². The van der Waals surface area contributed by atoms with Crippen molar-refractivity contribution in [1.29, 1.82) is 0 Å². The Morgan fingerprint density at radius 2 is 1.82 bits per heavy atom. The fourth-order valence-electron chi connectivity index (χ4n) is 1.74. The largest absolute Gasteiger partial charge is 0.339 e. The molecular formula is C12H17N5. The lowest BCUT2D eigenvalue weighted by atomic mass is 10.2. The number of hydrogen-bond acceptors (Lipinski definition) is 4. The van der Waals surface area contributed by atoms with Crippen molar-refractivity contribution < 1.29 is 0 Å². The summed E-state index contributed by atoms with van der Waals surface area (Å²) in [4.78, 5) is 10.9. The first-order valence-corrected chi connectivity index (χ1v) is 5.58. The van der Waals surface area contributed by atoms with Gasteiger partial charge in [-0.2, -0.15) is 5.10 Å². The van der Waals surface area contributed by atoms with Crippen molar-refractivity contribution in [2.45, 2.75) is 27.3 Å². The van der Waals surface area contributed by atoms with Crippen molar-refractivity contribution in [3.05, 3.63) is 34.9 Å². The second-order valence-corrected chi connectivity index (χ2v) is 4.33. The van der Waals surface area contributed by atoms with Gasteiger partial charge >= 0.3 is 0 Å². The molecule has 5 nitrogen and oxygen atoms in total. The molecule has 2 heterocycles. The van der Waals surface area contributed by atoms with Crippen molar-refractivity contribution in [3.8, 4) is 0 Å². The molecule has 0 spiro atoms. The van der Waals surface area contributed by atoms with Crippen LogP contribution in [0.4, 0.5) is 5.95 Å². The van der Waals surface area contributed by atoms with Crippen LogP contribution in [-0.2, 0) is 6.54 Å². The topological polar surface area (TPSA) is 57.7 Å². The van der Waals surface area contributed by atoms with Gasteiger partial charge in [-0.15, -0.1) is 0 Å². The molecule has 2 aromatic rings. The summed E-state index contributed by atoms with van der Waals surface area (Å²) in [5.74, 6) is 0.753. The first-order chi connectivity index (χ1) is 8.06. The highest BCUT2D eigenvalue weighted by Gasteiger charge is 2.09. The maximum atomic E-state index is 4.43. The Kier molecular flexibility index (Phi) is 3.08. The average Bonchev–Trinajstić information content (AvgIpc) is 2.63. The predicted molar refractivity (Wildman–Crippen MR) is 66.9 cm³/mol. The second-order valence-electron chi connectivity index (χ2n) is 4.33. The van der Waals surface area contributed by atoms with E-state index in [-0.39, 0.29) is 0 Å². The van der Waals surface area contributed by atoms with Crippen LogP contribution in [0.15, 0.2) is 12.3 Å². The molecule has 0 aliphatic carbocycles. The third kappa shape index (κ3) is 2.61. The van der Waals surface area contributed by atoms with E-state index in [0.29, 0.717) is 0 Å². The van der Waals surface area contributed by atoms with Crippen LogP contribution in [-0.4, -0.2) is 27.2 Å². The fraction of sp³-hybridized carbons (Fsp3) is 0.417. The number of aryl methyl sites for hydroxylation is 3. The van der Waals surface area contributed by atoms with Gasteiger partial charge < -0.3 is 4.90 Å². The van der Waals surface area contributed by atoms with E-state index in [1.807, 2.05) is 45.0 Å². The van der Waals surface area contributed by atoms with E-state index in [4.69, 9.17) is 0 Å². The van der Waals surface area contributed by atoms with Crippen LogP contribution in [0, 0.1) is 20.8 Å². The van der Waals surface area contributed by atoms with Crippen LogP contribution in [0.2, 0.25) is 0 Å². The van der Waals surface area contributed by atoms with Gasteiger partial charge in [-0.25, -0.2) is 9.97 Å². The summed E-state index contributed by atoms with van der Waals surface area (Å²) >= 11 is 0. The van der Waals surface area contributed by atoms with Crippen molar-refractivity contribution in [3.63, 3.8) is 0 Å². The van der Waals surface area contributed by atoms with Crippen LogP contribution in [0.1, 0.15) is 22.6 Å². The Morgan fingerprint density at radius 3 is 2.35 bits per heavy atom. The van der Waals surface area contributed by atoms with E-state index in [9.17, 15) is 0 Å². The fourth-order valence-corrected chi connectivity index (χ4v) is 1.74. The summed E-state index contributed by atoms with van der Waals surface area (Å²) in [5, 5.41) is 6.94. The molecule has 0 aliphatic heterocycles. The Hall–Kier alpha value is -1.91. The zero-order valence-corrected chi connectivity index (χ0v) is 10.7. The lowest BCUT2D eigenvalue weighted by Gasteiger charge is -2.17. The number of rotatable bonds is 3. The number of aromatic amines is 1. The predicted octanol–water partition coefficient (Wildman–Crippen LogP) is 1.76. The van der Waals surface area contributed by atoms with Crippen LogP contribution in [0.25, 0.3) is 0 Å². The third-order valence-electron chi connectivity index (χ3n) is 2.65. The van der Waals surface area contributed by atoms with Crippen LogP contribution < -0.4 is 4.90 Å². The second kappa shape index (κ2) is 4.53. The Morgan fingerprint density at radius 1 is 1.18 bits per heavy atom. The number of anilines is 1. The van der Waals surface area contributed by atoms with E-state index < -0.39 is 0 Å². The molecule has 0 atom stereocenters. The molecule has 2 aromatic heterocycles. The smallest absolute Gasteiger partial charge is 0.225 e. The number of hydrogen-bond donors (Lipinski definition) is 1. The molecule has 2 rings (SSSR count). The molecule has 0 radical (unpaired) electrons. The van der Waals surface area contributed by atoms with Crippen LogP contribution in [0.5, 0.6) is 0 Å². The van der Waals surface area contributed by atoms with Crippen molar-refractivity contribution >= 4 is 5.95 Å². The number of aromatic nitrogens is 4.